The summed E-state index contributed by atoms with van der Waals surface area (Å²) in [4.78, 5) is 11.1. The molecule has 2 rings (SSSR count). The fraction of sp³-hybridized carbons (Fsp3) is 0.417. The van der Waals surface area contributed by atoms with E-state index < -0.39 is 11.9 Å². The summed E-state index contributed by atoms with van der Waals surface area (Å²) >= 11 is 0. The Morgan fingerprint density at radius 3 is 3.07 bits per heavy atom. The molecule has 0 saturated carbocycles. The van der Waals surface area contributed by atoms with E-state index in [0.29, 0.717) is 13.0 Å². The molecule has 0 amide bonds. The highest BCUT2D eigenvalue weighted by molar-refractivity contribution is 5.77. The van der Waals surface area contributed by atoms with Crippen molar-refractivity contribution in [3.05, 3.63) is 29.3 Å². The molecule has 15 heavy (non-hydrogen) atoms. The lowest BCUT2D eigenvalue weighted by molar-refractivity contribution is -0.138. The van der Waals surface area contributed by atoms with Gasteiger partial charge in [0.2, 0.25) is 0 Å². The Morgan fingerprint density at radius 1 is 1.60 bits per heavy atom. The lowest BCUT2D eigenvalue weighted by Gasteiger charge is -2.13. The van der Waals surface area contributed by atoms with E-state index in [1.807, 2.05) is 25.1 Å². The molecular weight excluding hydrogens is 192 g/mol. The van der Waals surface area contributed by atoms with Crippen molar-refractivity contribution in [2.45, 2.75) is 25.7 Å². The van der Waals surface area contributed by atoms with E-state index >= 15 is 0 Å². The summed E-state index contributed by atoms with van der Waals surface area (Å²) in [6.07, 6.45) is 1.48. The molecule has 1 aliphatic rings. The summed E-state index contributed by atoms with van der Waals surface area (Å²) in [5, 5.41) is 9.10. The molecule has 0 bridgehead atoms. The molecule has 0 spiro atoms. The van der Waals surface area contributed by atoms with E-state index in [1.54, 1.807) is 0 Å². The van der Waals surface area contributed by atoms with Crippen LogP contribution in [0, 0.1) is 0 Å². The molecule has 0 saturated heterocycles. The molecule has 1 aromatic carbocycles. The van der Waals surface area contributed by atoms with Crippen LogP contribution in [0.4, 0.5) is 0 Å². The van der Waals surface area contributed by atoms with E-state index in [-0.39, 0.29) is 0 Å². The van der Waals surface area contributed by atoms with E-state index in [0.717, 1.165) is 23.3 Å². The van der Waals surface area contributed by atoms with Crippen molar-refractivity contribution in [1.82, 2.24) is 0 Å². The number of para-hydroxylation sites is 1. The number of rotatable bonds is 3. The van der Waals surface area contributed by atoms with Crippen molar-refractivity contribution >= 4 is 5.97 Å². The molecule has 1 atom stereocenters. The number of carboxylic acids is 1. The minimum Gasteiger partial charge on any atom is -0.493 e. The van der Waals surface area contributed by atoms with Crippen molar-refractivity contribution in [3.8, 4) is 5.75 Å². The summed E-state index contributed by atoms with van der Waals surface area (Å²) in [6.45, 7) is 2.55. The Morgan fingerprint density at radius 2 is 2.40 bits per heavy atom. The summed E-state index contributed by atoms with van der Waals surface area (Å²) in [7, 11) is 0. The van der Waals surface area contributed by atoms with E-state index in [9.17, 15) is 4.79 Å². The highest BCUT2D eigenvalue weighted by Gasteiger charge is 2.25. The van der Waals surface area contributed by atoms with Crippen LogP contribution >= 0.6 is 0 Å². The molecule has 1 aliphatic heterocycles. The first-order chi connectivity index (χ1) is 7.24. The van der Waals surface area contributed by atoms with Gasteiger partial charge in [-0.25, -0.2) is 0 Å². The first-order valence-electron chi connectivity index (χ1n) is 5.21. The molecule has 0 aliphatic carbocycles. The van der Waals surface area contributed by atoms with Gasteiger partial charge in [-0.2, -0.15) is 0 Å². The fourth-order valence-electron chi connectivity index (χ4n) is 2.04. The number of hydrogen-bond donors (Lipinski definition) is 1. The maximum absolute atomic E-state index is 11.1. The van der Waals surface area contributed by atoms with Gasteiger partial charge in [0.1, 0.15) is 5.75 Å². The second-order valence-corrected chi connectivity index (χ2v) is 3.73. The number of aliphatic carboxylic acids is 1. The van der Waals surface area contributed by atoms with E-state index in [4.69, 9.17) is 9.84 Å². The van der Waals surface area contributed by atoms with E-state index in [1.165, 1.54) is 0 Å². The van der Waals surface area contributed by atoms with Crippen molar-refractivity contribution in [1.29, 1.82) is 0 Å². The Balaban J connectivity index is 2.43. The van der Waals surface area contributed by atoms with Crippen molar-refractivity contribution in [2.24, 2.45) is 0 Å². The maximum atomic E-state index is 11.1. The molecule has 3 heteroatoms. The zero-order valence-corrected chi connectivity index (χ0v) is 8.69. The molecule has 1 heterocycles. The summed E-state index contributed by atoms with van der Waals surface area (Å²) in [5.41, 5.74) is 1.95. The average Bonchev–Trinajstić information content (AvgIpc) is 2.66. The normalized spacial score (nSPS) is 15.5. The lowest BCUT2D eigenvalue weighted by atomic mass is 9.94. The number of hydrogen-bond acceptors (Lipinski definition) is 2. The minimum atomic E-state index is -0.776. The van der Waals surface area contributed by atoms with Gasteiger partial charge < -0.3 is 9.84 Å². The highest BCUT2D eigenvalue weighted by atomic mass is 16.5. The molecular formula is C12H14O3. The van der Waals surface area contributed by atoms with E-state index in [2.05, 4.69) is 0 Å². The van der Waals surface area contributed by atoms with Gasteiger partial charge >= 0.3 is 5.97 Å². The van der Waals surface area contributed by atoms with Gasteiger partial charge in [-0.3, -0.25) is 4.79 Å². The van der Waals surface area contributed by atoms with Crippen molar-refractivity contribution in [2.75, 3.05) is 6.61 Å². The quantitative estimate of drug-likeness (QED) is 0.824. The summed E-state index contributed by atoms with van der Waals surface area (Å²) < 4.78 is 5.50. The number of carboxylic acid groups (broad SMARTS) is 1. The van der Waals surface area contributed by atoms with Gasteiger partial charge in [0.15, 0.2) is 0 Å². The second kappa shape index (κ2) is 3.93. The topological polar surface area (TPSA) is 46.5 Å². The van der Waals surface area contributed by atoms with Crippen LogP contribution in [-0.2, 0) is 11.2 Å². The monoisotopic (exact) mass is 206 g/mol. The Bertz CT molecular complexity index is 384. The van der Waals surface area contributed by atoms with Crippen LogP contribution in [0.5, 0.6) is 5.75 Å². The lowest BCUT2D eigenvalue weighted by Crippen LogP contribution is -2.11. The predicted molar refractivity (Wildman–Crippen MR) is 56.3 cm³/mol. The van der Waals surface area contributed by atoms with Crippen molar-refractivity contribution in [3.63, 3.8) is 0 Å². The van der Waals surface area contributed by atoms with Crippen molar-refractivity contribution < 1.29 is 14.6 Å². The molecule has 0 aromatic heterocycles. The highest BCUT2D eigenvalue weighted by Crippen LogP contribution is 2.35. The predicted octanol–water partition coefficient (Wildman–Crippen LogP) is 2.20. The van der Waals surface area contributed by atoms with Gasteiger partial charge in [0.05, 0.1) is 12.5 Å². The SMILES string of the molecule is CCC(C(=O)O)c1cccc2c1OCC2. The van der Waals surface area contributed by atoms with Gasteiger partial charge in [0.25, 0.3) is 0 Å². The molecule has 0 radical (unpaired) electrons. The van der Waals surface area contributed by atoms with Gasteiger partial charge in [-0.05, 0) is 12.0 Å². The van der Waals surface area contributed by atoms with Gasteiger partial charge in [-0.15, -0.1) is 0 Å². The van der Waals surface area contributed by atoms with Crippen LogP contribution in [-0.4, -0.2) is 17.7 Å². The van der Waals surface area contributed by atoms with Crippen LogP contribution in [0.3, 0.4) is 0 Å². The first-order valence-corrected chi connectivity index (χ1v) is 5.21. The largest absolute Gasteiger partial charge is 0.493 e. The molecule has 0 fully saturated rings. The van der Waals surface area contributed by atoms with Crippen LogP contribution in [0.1, 0.15) is 30.4 Å². The molecule has 1 aromatic rings. The maximum Gasteiger partial charge on any atom is 0.311 e. The smallest absolute Gasteiger partial charge is 0.311 e. The number of carbonyl (C=O) groups is 1. The van der Waals surface area contributed by atoms with Crippen LogP contribution in [0.15, 0.2) is 18.2 Å². The molecule has 1 N–H and O–H groups in total. The fourth-order valence-corrected chi connectivity index (χ4v) is 2.04. The summed E-state index contributed by atoms with van der Waals surface area (Å²) in [5.74, 6) is -0.425. The zero-order valence-electron chi connectivity index (χ0n) is 8.69. The molecule has 80 valence electrons. The van der Waals surface area contributed by atoms with Crippen LogP contribution < -0.4 is 4.74 Å². The third-order valence-electron chi connectivity index (χ3n) is 2.83. The number of ether oxygens (including phenoxy) is 1. The second-order valence-electron chi connectivity index (χ2n) is 3.73. The van der Waals surface area contributed by atoms with Crippen LogP contribution in [0.25, 0.3) is 0 Å². The minimum absolute atomic E-state index is 0.446. The zero-order chi connectivity index (χ0) is 10.8. The molecule has 1 unspecified atom stereocenters. The Hall–Kier alpha value is -1.51. The third kappa shape index (κ3) is 1.69. The van der Waals surface area contributed by atoms with Gasteiger partial charge in [-0.1, -0.05) is 25.1 Å². The average molecular weight is 206 g/mol. The number of benzene rings is 1. The number of fused-ring (bicyclic) bond motifs is 1. The summed E-state index contributed by atoms with van der Waals surface area (Å²) in [6, 6.07) is 5.77. The standard InChI is InChI=1S/C12H14O3/c1-2-9(12(13)14)10-5-3-4-8-6-7-15-11(8)10/h3-5,9H,2,6-7H2,1H3,(H,13,14). The third-order valence-corrected chi connectivity index (χ3v) is 2.83. The molecule has 3 nitrogen and oxygen atoms in total. The Labute approximate surface area is 88.7 Å². The van der Waals surface area contributed by atoms with Gasteiger partial charge in [0, 0.05) is 12.0 Å². The first kappa shape index (κ1) is 10.0. The Kier molecular flexibility index (Phi) is 2.62. The van der Waals surface area contributed by atoms with Crippen LogP contribution in [0.2, 0.25) is 0 Å².